The fourth-order valence-electron chi connectivity index (χ4n) is 3.23. The lowest BCUT2D eigenvalue weighted by Gasteiger charge is -2.20. The second-order valence-electron chi connectivity index (χ2n) is 7.16. The summed E-state index contributed by atoms with van der Waals surface area (Å²) in [7, 11) is 0. The summed E-state index contributed by atoms with van der Waals surface area (Å²) < 4.78 is 1.71. The minimum Gasteiger partial charge on any atom is -0.322 e. The number of amides is 3. The van der Waals surface area contributed by atoms with E-state index >= 15 is 0 Å². The Bertz CT molecular complexity index is 1050. The Hall–Kier alpha value is -3.74. The van der Waals surface area contributed by atoms with E-state index < -0.39 is 11.6 Å². The molecule has 2 heterocycles. The second kappa shape index (κ2) is 7.71. The average Bonchev–Trinajstić information content (AvgIpc) is 3.30. The maximum absolute atomic E-state index is 12.8. The number of aromatic nitrogens is 2. The van der Waals surface area contributed by atoms with Crippen molar-refractivity contribution >= 4 is 18.2 Å². The Morgan fingerprint density at radius 1 is 1.07 bits per heavy atom. The van der Waals surface area contributed by atoms with E-state index in [1.54, 1.807) is 24.0 Å². The molecule has 3 aromatic rings. The largest absolute Gasteiger partial charge is 0.346 e. The predicted molar refractivity (Wildman–Crippen MR) is 110 cm³/mol. The Labute approximate surface area is 168 Å². The molecule has 0 saturated carbocycles. The van der Waals surface area contributed by atoms with Crippen molar-refractivity contribution in [3.8, 4) is 5.69 Å². The molecule has 1 fully saturated rings. The van der Waals surface area contributed by atoms with E-state index in [2.05, 4.69) is 15.5 Å². The van der Waals surface area contributed by atoms with Crippen LogP contribution in [0.15, 0.2) is 78.2 Å². The summed E-state index contributed by atoms with van der Waals surface area (Å²) in [6.45, 7) is 1.74. The Balaban J connectivity index is 1.44. The van der Waals surface area contributed by atoms with Gasteiger partial charge in [0.25, 0.3) is 5.91 Å². The van der Waals surface area contributed by atoms with E-state index in [4.69, 9.17) is 0 Å². The van der Waals surface area contributed by atoms with Gasteiger partial charge in [0, 0.05) is 11.8 Å². The highest BCUT2D eigenvalue weighted by molar-refractivity contribution is 6.07. The van der Waals surface area contributed by atoms with Crippen LogP contribution in [0.4, 0.5) is 4.79 Å². The number of rotatable bonds is 6. The minimum atomic E-state index is -0.974. The number of carbonyl (C=O) groups excluding carboxylic acids is 2. The monoisotopic (exact) mass is 387 g/mol. The maximum atomic E-state index is 12.8. The lowest BCUT2D eigenvalue weighted by atomic mass is 9.93. The van der Waals surface area contributed by atoms with E-state index in [0.717, 1.165) is 16.3 Å². The standard InChI is InChI=1S/C22H21N5O2/c1-22(13-12-17-8-4-2-5-9-17)20(28)27(21(29)25-22)24-15-18-14-23-26(16-18)19-10-6-3-7-11-19/h2-11,14-16H,12-13H2,1H3,(H,25,29)/b24-15-/t22-/m0/s1. The highest BCUT2D eigenvalue weighted by atomic mass is 16.2. The van der Waals surface area contributed by atoms with Crippen LogP contribution in [0.3, 0.4) is 0 Å². The number of hydrogen-bond acceptors (Lipinski definition) is 4. The van der Waals surface area contributed by atoms with Crippen LogP contribution in [0.2, 0.25) is 0 Å². The first kappa shape index (κ1) is 18.6. The first-order valence-corrected chi connectivity index (χ1v) is 9.40. The van der Waals surface area contributed by atoms with Gasteiger partial charge in [0.15, 0.2) is 0 Å². The molecule has 1 atom stereocenters. The SMILES string of the molecule is C[C@@]1(CCc2ccccc2)NC(=O)N(/N=C\c2cnn(-c3ccccc3)c2)C1=O. The fraction of sp³-hybridized carbons (Fsp3) is 0.182. The topological polar surface area (TPSA) is 79.6 Å². The van der Waals surface area contributed by atoms with Gasteiger partial charge >= 0.3 is 6.03 Å². The zero-order valence-electron chi connectivity index (χ0n) is 16.0. The number of aryl methyl sites for hydroxylation is 1. The molecule has 1 saturated heterocycles. The van der Waals surface area contributed by atoms with Crippen LogP contribution in [0.25, 0.3) is 5.69 Å². The number of urea groups is 1. The second-order valence-corrected chi connectivity index (χ2v) is 7.16. The van der Waals surface area contributed by atoms with Crippen LogP contribution in [0.1, 0.15) is 24.5 Å². The van der Waals surface area contributed by atoms with Crippen molar-refractivity contribution in [1.29, 1.82) is 0 Å². The summed E-state index contributed by atoms with van der Waals surface area (Å²) in [5, 5.41) is 12.1. The van der Waals surface area contributed by atoms with Gasteiger partial charge in [-0.2, -0.15) is 10.2 Å². The molecule has 29 heavy (non-hydrogen) atoms. The highest BCUT2D eigenvalue weighted by Crippen LogP contribution is 2.23. The average molecular weight is 387 g/mol. The Kier molecular flexibility index (Phi) is 4.95. The zero-order chi connectivity index (χ0) is 20.3. The Morgan fingerprint density at radius 2 is 1.76 bits per heavy atom. The zero-order valence-corrected chi connectivity index (χ0v) is 16.0. The molecule has 0 unspecified atom stereocenters. The molecule has 7 heteroatoms. The number of nitrogens with one attached hydrogen (secondary N) is 1. The molecule has 7 nitrogen and oxygen atoms in total. The van der Waals surface area contributed by atoms with Crippen molar-refractivity contribution in [2.24, 2.45) is 5.10 Å². The molecule has 0 aliphatic carbocycles. The lowest BCUT2D eigenvalue weighted by molar-refractivity contribution is -0.130. The number of hydrazone groups is 1. The molecular formula is C22H21N5O2. The summed E-state index contributed by atoms with van der Waals surface area (Å²) in [6.07, 6.45) is 6.06. The molecule has 0 radical (unpaired) electrons. The van der Waals surface area contributed by atoms with E-state index in [-0.39, 0.29) is 5.91 Å². The van der Waals surface area contributed by atoms with Crippen LogP contribution in [-0.4, -0.2) is 38.5 Å². The summed E-state index contributed by atoms with van der Waals surface area (Å²) in [5.74, 6) is -0.356. The first-order chi connectivity index (χ1) is 14.0. The van der Waals surface area contributed by atoms with Crippen LogP contribution in [0.5, 0.6) is 0 Å². The van der Waals surface area contributed by atoms with Gasteiger partial charge in [-0.05, 0) is 37.5 Å². The summed E-state index contributed by atoms with van der Waals surface area (Å²) >= 11 is 0. The lowest BCUT2D eigenvalue weighted by Crippen LogP contribution is -2.44. The van der Waals surface area contributed by atoms with E-state index in [0.29, 0.717) is 18.4 Å². The van der Waals surface area contributed by atoms with E-state index in [1.165, 1.54) is 6.21 Å². The third-order valence-corrected chi connectivity index (χ3v) is 4.94. The first-order valence-electron chi connectivity index (χ1n) is 9.40. The molecule has 3 amide bonds. The molecule has 0 bridgehead atoms. The van der Waals surface area contributed by atoms with Gasteiger partial charge in [0.05, 0.1) is 18.1 Å². The highest BCUT2D eigenvalue weighted by Gasteiger charge is 2.47. The van der Waals surface area contributed by atoms with Crippen molar-refractivity contribution in [2.45, 2.75) is 25.3 Å². The third kappa shape index (κ3) is 3.94. The normalized spacial score (nSPS) is 19.1. The fourth-order valence-corrected chi connectivity index (χ4v) is 3.23. The predicted octanol–water partition coefficient (Wildman–Crippen LogP) is 3.15. The van der Waals surface area contributed by atoms with Gasteiger partial charge in [0.2, 0.25) is 0 Å². The van der Waals surface area contributed by atoms with E-state index in [9.17, 15) is 9.59 Å². The number of hydrogen-bond donors (Lipinski definition) is 1. The molecule has 2 aromatic carbocycles. The molecular weight excluding hydrogens is 366 g/mol. The van der Waals surface area contributed by atoms with Crippen LogP contribution in [0, 0.1) is 0 Å². The molecule has 146 valence electrons. The van der Waals surface area contributed by atoms with Crippen molar-refractivity contribution in [3.63, 3.8) is 0 Å². The summed E-state index contributed by atoms with van der Waals surface area (Å²) in [5.41, 5.74) is 1.74. The Morgan fingerprint density at radius 3 is 2.48 bits per heavy atom. The van der Waals surface area contributed by atoms with Crippen molar-refractivity contribution < 1.29 is 9.59 Å². The van der Waals surface area contributed by atoms with Gasteiger partial charge in [0.1, 0.15) is 5.54 Å². The van der Waals surface area contributed by atoms with Crippen molar-refractivity contribution in [1.82, 2.24) is 20.1 Å². The molecule has 1 aliphatic heterocycles. The summed E-state index contributed by atoms with van der Waals surface area (Å²) in [6, 6.07) is 19.0. The molecule has 1 aromatic heterocycles. The van der Waals surface area contributed by atoms with E-state index in [1.807, 2.05) is 60.7 Å². The minimum absolute atomic E-state index is 0.356. The van der Waals surface area contributed by atoms with Crippen LogP contribution in [-0.2, 0) is 11.2 Å². The van der Waals surface area contributed by atoms with Gasteiger partial charge in [-0.1, -0.05) is 48.5 Å². The number of imide groups is 1. The number of benzene rings is 2. The van der Waals surface area contributed by atoms with Crippen LogP contribution < -0.4 is 5.32 Å². The van der Waals surface area contributed by atoms with Gasteiger partial charge in [-0.25, -0.2) is 9.48 Å². The smallest absolute Gasteiger partial charge is 0.322 e. The van der Waals surface area contributed by atoms with Crippen LogP contribution >= 0.6 is 0 Å². The number of para-hydroxylation sites is 1. The van der Waals surface area contributed by atoms with Gasteiger partial charge in [-0.15, -0.1) is 5.01 Å². The van der Waals surface area contributed by atoms with Gasteiger partial charge < -0.3 is 5.32 Å². The maximum Gasteiger partial charge on any atom is 0.346 e. The quantitative estimate of drug-likeness (QED) is 0.521. The number of nitrogens with zero attached hydrogens (tertiary/aromatic N) is 4. The molecule has 1 N–H and O–H groups in total. The van der Waals surface area contributed by atoms with Crippen molar-refractivity contribution in [3.05, 3.63) is 84.2 Å². The summed E-state index contributed by atoms with van der Waals surface area (Å²) in [4.78, 5) is 25.1. The number of carbonyl (C=O) groups is 2. The van der Waals surface area contributed by atoms with Crippen molar-refractivity contribution in [2.75, 3.05) is 0 Å². The third-order valence-electron chi connectivity index (χ3n) is 4.94. The molecule has 1 aliphatic rings. The molecule has 0 spiro atoms. The molecule has 4 rings (SSSR count). The van der Waals surface area contributed by atoms with Gasteiger partial charge in [-0.3, -0.25) is 4.79 Å².